The number of hydrogen-bond acceptors (Lipinski definition) is 4. The van der Waals surface area contributed by atoms with E-state index in [1.807, 2.05) is 0 Å². The first-order chi connectivity index (χ1) is 8.58. The molecule has 6 heteroatoms. The number of carbonyl (C=O) groups excluding carboxylic acids is 1. The van der Waals surface area contributed by atoms with Gasteiger partial charge < -0.3 is 19.8 Å². The average molecular weight is 251 g/mol. The van der Waals surface area contributed by atoms with Crippen LogP contribution in [0.1, 0.15) is 0 Å². The van der Waals surface area contributed by atoms with Crippen molar-refractivity contribution in [2.75, 3.05) is 19.7 Å². The molecule has 1 fully saturated rings. The molecule has 18 heavy (non-hydrogen) atoms. The number of aromatic hydroxyl groups is 1. The lowest BCUT2D eigenvalue weighted by Crippen LogP contribution is -2.54. The van der Waals surface area contributed by atoms with Crippen molar-refractivity contribution in [3.05, 3.63) is 24.3 Å². The van der Waals surface area contributed by atoms with Gasteiger partial charge in [-0.2, -0.15) is 0 Å². The molecule has 1 amide bonds. The number of carboxylic acids is 1. The lowest BCUT2D eigenvalue weighted by atomic mass is 10.0. The summed E-state index contributed by atoms with van der Waals surface area (Å²) in [7, 11) is 0. The predicted molar refractivity (Wildman–Crippen MR) is 61.3 cm³/mol. The predicted octanol–water partition coefficient (Wildman–Crippen LogP) is 0.314. The van der Waals surface area contributed by atoms with Gasteiger partial charge in [0.05, 0.1) is 5.92 Å². The van der Waals surface area contributed by atoms with E-state index in [0.29, 0.717) is 0 Å². The highest BCUT2D eigenvalue weighted by atomic mass is 16.5. The molecular formula is C12H13NO5. The number of nitrogens with zero attached hydrogens (tertiary/aromatic N) is 1. The molecule has 0 atom stereocenters. The number of para-hydroxylation sites is 2. The van der Waals surface area contributed by atoms with Crippen molar-refractivity contribution in [3.63, 3.8) is 0 Å². The summed E-state index contributed by atoms with van der Waals surface area (Å²) < 4.78 is 5.16. The summed E-state index contributed by atoms with van der Waals surface area (Å²) in [4.78, 5) is 23.6. The number of benzene rings is 1. The van der Waals surface area contributed by atoms with Crippen LogP contribution in [-0.4, -0.2) is 46.7 Å². The normalized spacial score (nSPS) is 15.0. The SMILES string of the molecule is O=C(O)C1CN(C(=O)COc2ccccc2O)C1. The number of hydrogen-bond donors (Lipinski definition) is 2. The number of amides is 1. The number of carboxylic acid groups (broad SMARTS) is 1. The molecule has 1 aliphatic rings. The van der Waals surface area contributed by atoms with E-state index in [-0.39, 0.29) is 37.1 Å². The maximum absolute atomic E-state index is 11.6. The Kier molecular flexibility index (Phi) is 3.36. The van der Waals surface area contributed by atoms with Crippen molar-refractivity contribution in [3.8, 4) is 11.5 Å². The zero-order valence-electron chi connectivity index (χ0n) is 9.57. The second-order valence-electron chi connectivity index (χ2n) is 4.09. The molecule has 0 spiro atoms. The monoisotopic (exact) mass is 251 g/mol. The first-order valence-corrected chi connectivity index (χ1v) is 5.49. The highest BCUT2D eigenvalue weighted by Crippen LogP contribution is 2.24. The fraction of sp³-hybridized carbons (Fsp3) is 0.333. The molecule has 0 radical (unpaired) electrons. The van der Waals surface area contributed by atoms with Crippen molar-refractivity contribution in [2.45, 2.75) is 0 Å². The average Bonchev–Trinajstić information content (AvgIpc) is 2.25. The van der Waals surface area contributed by atoms with Crippen LogP contribution in [0.25, 0.3) is 0 Å². The molecule has 0 unspecified atom stereocenters. The van der Waals surface area contributed by atoms with E-state index in [1.165, 1.54) is 11.0 Å². The Morgan fingerprint density at radius 2 is 2.00 bits per heavy atom. The fourth-order valence-corrected chi connectivity index (χ4v) is 1.65. The van der Waals surface area contributed by atoms with Crippen LogP contribution in [0.2, 0.25) is 0 Å². The molecule has 1 heterocycles. The van der Waals surface area contributed by atoms with E-state index >= 15 is 0 Å². The fourth-order valence-electron chi connectivity index (χ4n) is 1.65. The molecule has 6 nitrogen and oxygen atoms in total. The molecule has 96 valence electrons. The Morgan fingerprint density at radius 1 is 1.33 bits per heavy atom. The number of rotatable bonds is 4. The molecule has 1 aromatic rings. The smallest absolute Gasteiger partial charge is 0.310 e. The number of aliphatic carboxylic acids is 1. The molecule has 2 N–H and O–H groups in total. The lowest BCUT2D eigenvalue weighted by Gasteiger charge is -2.36. The maximum Gasteiger partial charge on any atom is 0.310 e. The summed E-state index contributed by atoms with van der Waals surface area (Å²) in [5, 5.41) is 18.1. The van der Waals surface area contributed by atoms with Crippen molar-refractivity contribution in [1.82, 2.24) is 4.90 Å². The van der Waals surface area contributed by atoms with Gasteiger partial charge in [0, 0.05) is 13.1 Å². The summed E-state index contributed by atoms with van der Waals surface area (Å²) >= 11 is 0. The summed E-state index contributed by atoms with van der Waals surface area (Å²) in [6.07, 6.45) is 0. The van der Waals surface area contributed by atoms with Gasteiger partial charge >= 0.3 is 5.97 Å². The second-order valence-corrected chi connectivity index (χ2v) is 4.09. The zero-order chi connectivity index (χ0) is 13.1. The lowest BCUT2D eigenvalue weighted by molar-refractivity contribution is -0.153. The number of phenols is 1. The summed E-state index contributed by atoms with van der Waals surface area (Å²) in [5.74, 6) is -1.44. The molecule has 2 rings (SSSR count). The Morgan fingerprint density at radius 3 is 2.61 bits per heavy atom. The summed E-state index contributed by atoms with van der Waals surface area (Å²) in [6, 6.07) is 6.35. The van der Waals surface area contributed by atoms with Crippen LogP contribution in [0.4, 0.5) is 0 Å². The Balaban J connectivity index is 1.80. The topological polar surface area (TPSA) is 87.1 Å². The third kappa shape index (κ3) is 2.53. The summed E-state index contributed by atoms with van der Waals surface area (Å²) in [5.41, 5.74) is 0. The van der Waals surface area contributed by atoms with Crippen molar-refractivity contribution >= 4 is 11.9 Å². The van der Waals surface area contributed by atoms with Gasteiger partial charge in [0.1, 0.15) is 0 Å². The van der Waals surface area contributed by atoms with Crippen LogP contribution in [0.15, 0.2) is 24.3 Å². The standard InChI is InChI=1S/C12H13NO5/c14-9-3-1-2-4-10(9)18-7-11(15)13-5-8(6-13)12(16)17/h1-4,8,14H,5-7H2,(H,16,17). The van der Waals surface area contributed by atoms with Crippen LogP contribution in [0.5, 0.6) is 11.5 Å². The van der Waals surface area contributed by atoms with E-state index in [0.717, 1.165) is 0 Å². The van der Waals surface area contributed by atoms with Crippen molar-refractivity contribution in [1.29, 1.82) is 0 Å². The van der Waals surface area contributed by atoms with Crippen LogP contribution >= 0.6 is 0 Å². The largest absolute Gasteiger partial charge is 0.504 e. The van der Waals surface area contributed by atoms with E-state index in [2.05, 4.69) is 0 Å². The number of ether oxygens (including phenoxy) is 1. The van der Waals surface area contributed by atoms with Gasteiger partial charge in [-0.25, -0.2) is 0 Å². The van der Waals surface area contributed by atoms with Gasteiger partial charge in [-0.1, -0.05) is 12.1 Å². The highest BCUT2D eigenvalue weighted by molar-refractivity contribution is 5.82. The molecule has 1 aliphatic heterocycles. The first kappa shape index (κ1) is 12.2. The maximum atomic E-state index is 11.6. The minimum atomic E-state index is -0.888. The van der Waals surface area contributed by atoms with Crippen molar-refractivity contribution < 1.29 is 24.5 Å². The quantitative estimate of drug-likeness (QED) is 0.804. The van der Waals surface area contributed by atoms with E-state index in [1.54, 1.807) is 18.2 Å². The number of phenolic OH excluding ortho intramolecular Hbond substituents is 1. The second kappa shape index (κ2) is 4.95. The Bertz CT molecular complexity index is 467. The molecule has 0 aliphatic carbocycles. The molecule has 0 saturated carbocycles. The van der Waals surface area contributed by atoms with Gasteiger partial charge in [-0.15, -0.1) is 0 Å². The van der Waals surface area contributed by atoms with Crippen LogP contribution in [0, 0.1) is 5.92 Å². The van der Waals surface area contributed by atoms with Gasteiger partial charge in [0.15, 0.2) is 18.1 Å². The van der Waals surface area contributed by atoms with Crippen LogP contribution in [0.3, 0.4) is 0 Å². The number of carbonyl (C=O) groups is 2. The third-order valence-electron chi connectivity index (χ3n) is 2.80. The molecule has 0 aromatic heterocycles. The summed E-state index contributed by atoms with van der Waals surface area (Å²) in [6.45, 7) is 0.237. The van der Waals surface area contributed by atoms with Crippen LogP contribution < -0.4 is 4.74 Å². The third-order valence-corrected chi connectivity index (χ3v) is 2.80. The molecule has 0 bridgehead atoms. The Hall–Kier alpha value is -2.24. The minimum absolute atomic E-state index is 0.0303. The number of likely N-dealkylation sites (tertiary alicyclic amines) is 1. The van der Waals surface area contributed by atoms with Gasteiger partial charge in [-0.3, -0.25) is 9.59 Å². The van der Waals surface area contributed by atoms with E-state index < -0.39 is 11.9 Å². The molecule has 1 saturated heterocycles. The zero-order valence-corrected chi connectivity index (χ0v) is 9.57. The van der Waals surface area contributed by atoms with Crippen molar-refractivity contribution in [2.24, 2.45) is 5.92 Å². The van der Waals surface area contributed by atoms with Gasteiger partial charge in [0.2, 0.25) is 0 Å². The molecule has 1 aromatic carbocycles. The Labute approximate surface area is 103 Å². The van der Waals surface area contributed by atoms with Crippen LogP contribution in [-0.2, 0) is 9.59 Å². The molecular weight excluding hydrogens is 238 g/mol. The van der Waals surface area contributed by atoms with E-state index in [9.17, 15) is 14.7 Å². The van der Waals surface area contributed by atoms with Gasteiger partial charge in [0.25, 0.3) is 5.91 Å². The first-order valence-electron chi connectivity index (χ1n) is 5.49. The van der Waals surface area contributed by atoms with Gasteiger partial charge in [-0.05, 0) is 12.1 Å². The minimum Gasteiger partial charge on any atom is -0.504 e. The van der Waals surface area contributed by atoms with E-state index in [4.69, 9.17) is 9.84 Å². The highest BCUT2D eigenvalue weighted by Gasteiger charge is 2.35.